The van der Waals surface area contributed by atoms with Crippen molar-refractivity contribution < 1.29 is 18.0 Å². The molecule has 6 nitrogen and oxygen atoms in total. The van der Waals surface area contributed by atoms with Crippen LogP contribution in [-0.2, 0) is 25.0 Å². The average Bonchev–Trinajstić information content (AvgIpc) is 2.66. The summed E-state index contributed by atoms with van der Waals surface area (Å²) in [5.41, 5.74) is -0.429. The zero-order chi connectivity index (χ0) is 21.4. The van der Waals surface area contributed by atoms with Gasteiger partial charge in [0.1, 0.15) is 5.54 Å². The van der Waals surface area contributed by atoms with E-state index in [1.165, 1.54) is 17.0 Å². The van der Waals surface area contributed by atoms with E-state index >= 15 is 0 Å². The number of amides is 2. The van der Waals surface area contributed by atoms with Gasteiger partial charge in [0, 0.05) is 6.54 Å². The van der Waals surface area contributed by atoms with E-state index < -0.39 is 26.9 Å². The first-order valence-electron chi connectivity index (χ1n) is 9.50. The quantitative estimate of drug-likeness (QED) is 0.815. The van der Waals surface area contributed by atoms with Gasteiger partial charge in [0.15, 0.2) is 0 Å². The molecule has 1 N–H and O–H groups in total. The number of carbonyl (C=O) groups excluding carboxylic acids is 2. The van der Waals surface area contributed by atoms with Crippen LogP contribution in [0, 0.1) is 6.92 Å². The smallest absolute Gasteiger partial charge is 0.264 e. The van der Waals surface area contributed by atoms with E-state index in [9.17, 15) is 18.0 Å². The van der Waals surface area contributed by atoms with Gasteiger partial charge in [0.25, 0.3) is 15.9 Å². The highest BCUT2D eigenvalue weighted by Crippen LogP contribution is 2.36. The number of likely N-dealkylation sites (tertiary alicyclic amines) is 1. The van der Waals surface area contributed by atoms with Gasteiger partial charge in [0.2, 0.25) is 5.91 Å². The molecule has 0 spiro atoms. The molecule has 1 aliphatic rings. The number of nitrogens with zero attached hydrogens (tertiary/aromatic N) is 1. The molecule has 2 amide bonds. The third-order valence-corrected chi connectivity index (χ3v) is 7.04. The van der Waals surface area contributed by atoms with Gasteiger partial charge in [-0.15, -0.1) is 0 Å². The van der Waals surface area contributed by atoms with Gasteiger partial charge in [0.05, 0.1) is 10.3 Å². The number of hydrogen-bond acceptors (Lipinski definition) is 4. The van der Waals surface area contributed by atoms with Crippen molar-refractivity contribution in [3.63, 3.8) is 0 Å². The molecule has 7 heteroatoms. The monoisotopic (exact) mass is 414 g/mol. The highest BCUT2D eigenvalue weighted by Gasteiger charge is 2.53. The second-order valence-corrected chi connectivity index (χ2v) is 9.91. The molecular weight excluding hydrogens is 388 g/mol. The lowest BCUT2D eigenvalue weighted by Gasteiger charge is -2.51. The molecule has 1 heterocycles. The fourth-order valence-electron chi connectivity index (χ4n) is 3.51. The molecule has 3 rings (SSSR count). The maximum atomic E-state index is 13.2. The Labute approximate surface area is 172 Å². The van der Waals surface area contributed by atoms with Crippen LogP contribution in [0.15, 0.2) is 59.5 Å². The Morgan fingerprint density at radius 3 is 2.28 bits per heavy atom. The van der Waals surface area contributed by atoms with Gasteiger partial charge in [-0.25, -0.2) is 13.1 Å². The number of sulfonamides is 1. The van der Waals surface area contributed by atoms with E-state index in [2.05, 4.69) is 4.72 Å². The number of aryl methyl sites for hydroxylation is 1. The number of hydrogen-bond donors (Lipinski definition) is 1. The average molecular weight is 415 g/mol. The molecule has 1 fully saturated rings. The second-order valence-electron chi connectivity index (χ2n) is 8.22. The van der Waals surface area contributed by atoms with Crippen molar-refractivity contribution in [2.75, 3.05) is 6.54 Å². The van der Waals surface area contributed by atoms with Crippen molar-refractivity contribution >= 4 is 21.8 Å². The predicted molar refractivity (Wildman–Crippen MR) is 111 cm³/mol. The van der Waals surface area contributed by atoms with Crippen LogP contribution in [0.3, 0.4) is 0 Å². The third kappa shape index (κ3) is 3.79. The first-order chi connectivity index (χ1) is 13.5. The minimum absolute atomic E-state index is 0.0243. The molecule has 1 atom stereocenters. The van der Waals surface area contributed by atoms with Gasteiger partial charge in [-0.2, -0.15) is 0 Å². The molecule has 154 valence electrons. The summed E-state index contributed by atoms with van der Waals surface area (Å²) >= 11 is 0. The second kappa shape index (κ2) is 7.30. The molecule has 29 heavy (non-hydrogen) atoms. The summed E-state index contributed by atoms with van der Waals surface area (Å²) in [6.45, 7) is 7.41. The molecule has 0 radical (unpaired) electrons. The SMILES string of the molecule is Cc1cccc(S(=O)(=O)NC(=O)C2(C)CCN2C(=O)C(C)(C)c2ccccc2)c1. The minimum Gasteiger partial charge on any atom is -0.327 e. The number of benzene rings is 2. The predicted octanol–water partition coefficient (Wildman–Crippen LogP) is 2.77. The summed E-state index contributed by atoms with van der Waals surface area (Å²) in [6.07, 6.45) is 0.402. The van der Waals surface area contributed by atoms with Gasteiger partial charge in [-0.1, -0.05) is 42.5 Å². The molecule has 0 bridgehead atoms. The van der Waals surface area contributed by atoms with Crippen molar-refractivity contribution in [1.82, 2.24) is 9.62 Å². The van der Waals surface area contributed by atoms with E-state index in [0.717, 1.165) is 11.1 Å². The topological polar surface area (TPSA) is 83.6 Å². The Morgan fingerprint density at radius 2 is 1.72 bits per heavy atom. The molecule has 1 saturated heterocycles. The maximum Gasteiger partial charge on any atom is 0.264 e. The van der Waals surface area contributed by atoms with Crippen LogP contribution in [0.25, 0.3) is 0 Å². The minimum atomic E-state index is -4.02. The Bertz CT molecular complexity index is 1050. The highest BCUT2D eigenvalue weighted by atomic mass is 32.2. The van der Waals surface area contributed by atoms with Crippen LogP contribution in [0.2, 0.25) is 0 Å². The largest absolute Gasteiger partial charge is 0.327 e. The highest BCUT2D eigenvalue weighted by molar-refractivity contribution is 7.90. The zero-order valence-corrected chi connectivity index (χ0v) is 17.9. The number of rotatable bonds is 5. The van der Waals surface area contributed by atoms with Crippen molar-refractivity contribution in [1.29, 1.82) is 0 Å². The van der Waals surface area contributed by atoms with Crippen LogP contribution >= 0.6 is 0 Å². The molecule has 0 aromatic heterocycles. The summed E-state index contributed by atoms with van der Waals surface area (Å²) in [6, 6.07) is 15.7. The van der Waals surface area contributed by atoms with E-state index in [-0.39, 0.29) is 10.8 Å². The van der Waals surface area contributed by atoms with Gasteiger partial charge >= 0.3 is 0 Å². The fraction of sp³-hybridized carbons (Fsp3) is 0.364. The molecule has 1 unspecified atom stereocenters. The van der Waals surface area contributed by atoms with Crippen molar-refractivity contribution in [3.8, 4) is 0 Å². The summed E-state index contributed by atoms with van der Waals surface area (Å²) in [5, 5.41) is 0. The Hall–Kier alpha value is -2.67. The van der Waals surface area contributed by atoms with E-state index in [4.69, 9.17) is 0 Å². The van der Waals surface area contributed by atoms with Crippen molar-refractivity contribution in [3.05, 3.63) is 65.7 Å². The molecule has 2 aromatic rings. The molecule has 1 aliphatic heterocycles. The Morgan fingerprint density at radius 1 is 1.07 bits per heavy atom. The summed E-state index contributed by atoms with van der Waals surface area (Å²) in [4.78, 5) is 27.7. The van der Waals surface area contributed by atoms with E-state index in [1.54, 1.807) is 26.0 Å². The van der Waals surface area contributed by atoms with Gasteiger partial charge < -0.3 is 4.90 Å². The Balaban J connectivity index is 1.81. The lowest BCUT2D eigenvalue weighted by Crippen LogP contribution is -2.69. The summed E-state index contributed by atoms with van der Waals surface area (Å²) in [7, 11) is -4.02. The molecule has 0 aliphatic carbocycles. The summed E-state index contributed by atoms with van der Waals surface area (Å²) in [5.74, 6) is -0.900. The van der Waals surface area contributed by atoms with Gasteiger partial charge in [-0.05, 0) is 57.4 Å². The maximum absolute atomic E-state index is 13.2. The fourth-order valence-corrected chi connectivity index (χ4v) is 4.69. The normalized spacial score (nSPS) is 19.4. The van der Waals surface area contributed by atoms with Crippen LogP contribution < -0.4 is 4.72 Å². The number of nitrogens with one attached hydrogen (secondary N) is 1. The Kier molecular flexibility index (Phi) is 5.30. The zero-order valence-electron chi connectivity index (χ0n) is 17.1. The van der Waals surface area contributed by atoms with Crippen molar-refractivity contribution in [2.45, 2.75) is 50.0 Å². The lowest BCUT2D eigenvalue weighted by atomic mass is 9.78. The lowest BCUT2D eigenvalue weighted by molar-refractivity contribution is -0.160. The van der Waals surface area contributed by atoms with Gasteiger partial charge in [-0.3, -0.25) is 9.59 Å². The van der Waals surface area contributed by atoms with Crippen LogP contribution in [0.5, 0.6) is 0 Å². The molecule has 2 aromatic carbocycles. The van der Waals surface area contributed by atoms with E-state index in [1.807, 2.05) is 44.2 Å². The molecule has 0 saturated carbocycles. The first kappa shape index (κ1) is 21.0. The third-order valence-electron chi connectivity index (χ3n) is 5.71. The van der Waals surface area contributed by atoms with Crippen LogP contribution in [-0.4, -0.2) is 37.2 Å². The first-order valence-corrected chi connectivity index (χ1v) is 11.0. The molecular formula is C22H26N2O4S. The summed E-state index contributed by atoms with van der Waals surface area (Å²) < 4.78 is 27.4. The number of carbonyl (C=O) groups is 2. The standard InChI is InChI=1S/C22H26N2O4S/c1-16-9-8-12-18(15-16)29(27,28)23-19(25)22(4)13-14-24(22)20(26)21(2,3)17-10-6-5-7-11-17/h5-12,15H,13-14H2,1-4H3,(H,23,25). The van der Waals surface area contributed by atoms with Crippen LogP contribution in [0.1, 0.15) is 38.3 Å². The van der Waals surface area contributed by atoms with E-state index in [0.29, 0.717) is 13.0 Å². The van der Waals surface area contributed by atoms with Crippen LogP contribution in [0.4, 0.5) is 0 Å². The van der Waals surface area contributed by atoms with Crippen molar-refractivity contribution in [2.24, 2.45) is 0 Å².